The molecular formula is C45H60ClFN8O3. The van der Waals surface area contributed by atoms with Gasteiger partial charge in [0.1, 0.15) is 11.9 Å². The molecule has 2 saturated heterocycles. The van der Waals surface area contributed by atoms with Gasteiger partial charge in [-0.05, 0) is 131 Å². The third-order valence-electron chi connectivity index (χ3n) is 13.7. The predicted octanol–water partition coefficient (Wildman–Crippen LogP) is 8.35. The van der Waals surface area contributed by atoms with Gasteiger partial charge in [-0.3, -0.25) is 24.4 Å². The first-order valence-electron chi connectivity index (χ1n) is 22.2. The molecule has 0 spiro atoms. The van der Waals surface area contributed by atoms with Crippen LogP contribution in [0.4, 0.5) is 10.3 Å². The number of hydrogen-bond acceptors (Lipinski definition) is 8. The average molecular weight is 815 g/mol. The van der Waals surface area contributed by atoms with E-state index in [1.54, 1.807) is 12.3 Å². The van der Waals surface area contributed by atoms with Crippen molar-refractivity contribution in [2.45, 2.75) is 147 Å². The molecule has 2 N–H and O–H groups in total. The first-order chi connectivity index (χ1) is 28.2. The predicted molar refractivity (Wildman–Crippen MR) is 223 cm³/mol. The maximum Gasteiger partial charge on any atom is 0.255 e. The third-order valence-corrected chi connectivity index (χ3v) is 14.0. The minimum atomic E-state index is -0.689. The van der Waals surface area contributed by atoms with Gasteiger partial charge in [-0.1, -0.05) is 56.5 Å². The number of imide groups is 1. The number of aromatic nitrogens is 4. The van der Waals surface area contributed by atoms with Crippen LogP contribution in [0.3, 0.4) is 0 Å². The Morgan fingerprint density at radius 1 is 0.862 bits per heavy atom. The van der Waals surface area contributed by atoms with Crippen LogP contribution in [0.25, 0.3) is 11.3 Å². The van der Waals surface area contributed by atoms with Crippen LogP contribution in [0.15, 0.2) is 24.5 Å². The van der Waals surface area contributed by atoms with Crippen LogP contribution < -0.4 is 10.6 Å². The van der Waals surface area contributed by atoms with E-state index in [0.29, 0.717) is 35.5 Å². The number of benzene rings is 1. The summed E-state index contributed by atoms with van der Waals surface area (Å²) >= 11 is 6.60. The molecule has 8 rings (SSSR count). The number of likely N-dealkylation sites (tertiary alicyclic amines) is 1. The second-order valence-corrected chi connectivity index (χ2v) is 18.2. The van der Waals surface area contributed by atoms with Gasteiger partial charge in [0.2, 0.25) is 17.8 Å². The molecule has 5 aliphatic rings. The molecule has 0 unspecified atom stereocenters. The summed E-state index contributed by atoms with van der Waals surface area (Å²) in [5, 5.41) is 11.1. The smallest absolute Gasteiger partial charge is 0.255 e. The monoisotopic (exact) mass is 814 g/mol. The molecule has 0 bridgehead atoms. The van der Waals surface area contributed by atoms with Crippen molar-refractivity contribution in [2.75, 3.05) is 25.0 Å². The molecule has 13 heteroatoms. The summed E-state index contributed by atoms with van der Waals surface area (Å²) in [5.74, 6) is 0.978. The van der Waals surface area contributed by atoms with Crippen LogP contribution in [0, 0.1) is 17.7 Å². The summed E-state index contributed by atoms with van der Waals surface area (Å²) in [6, 6.07) is 2.63. The maximum atomic E-state index is 14.8. The molecule has 2 aromatic heterocycles. The number of piperidine rings is 2. The lowest BCUT2D eigenvalue weighted by molar-refractivity contribution is -0.136. The molecule has 3 aromatic rings. The number of anilines is 1. The van der Waals surface area contributed by atoms with Gasteiger partial charge in [-0.25, -0.2) is 14.4 Å². The molecule has 2 saturated carbocycles. The first kappa shape index (κ1) is 40.9. The number of nitrogens with zero attached hydrogens (tertiary/aromatic N) is 6. The van der Waals surface area contributed by atoms with E-state index in [2.05, 4.69) is 25.6 Å². The number of hydrogen-bond donors (Lipinski definition) is 2. The van der Waals surface area contributed by atoms with Crippen molar-refractivity contribution in [2.24, 2.45) is 18.9 Å². The Balaban J connectivity index is 0.679. The van der Waals surface area contributed by atoms with Gasteiger partial charge < -0.3 is 15.1 Å². The third kappa shape index (κ3) is 9.75. The van der Waals surface area contributed by atoms with Gasteiger partial charge in [0.25, 0.3) is 5.91 Å². The zero-order valence-corrected chi connectivity index (χ0v) is 34.9. The lowest BCUT2D eigenvalue weighted by atomic mass is 9.83. The zero-order chi connectivity index (χ0) is 40.2. The van der Waals surface area contributed by atoms with Crippen molar-refractivity contribution in [3.63, 3.8) is 0 Å². The highest BCUT2D eigenvalue weighted by atomic mass is 35.5. The van der Waals surface area contributed by atoms with Gasteiger partial charge >= 0.3 is 0 Å². The fourth-order valence-corrected chi connectivity index (χ4v) is 10.2. The van der Waals surface area contributed by atoms with E-state index < -0.39 is 17.8 Å². The number of carbonyl (C=O) groups is 3. The summed E-state index contributed by atoms with van der Waals surface area (Å²) in [4.78, 5) is 50.9. The van der Waals surface area contributed by atoms with Crippen molar-refractivity contribution in [1.82, 2.24) is 34.9 Å². The summed E-state index contributed by atoms with van der Waals surface area (Å²) in [6.07, 6.45) is 24.8. The molecule has 2 aliphatic carbocycles. The number of carbonyl (C=O) groups excluding carboxylic acids is 3. The summed E-state index contributed by atoms with van der Waals surface area (Å²) in [6.45, 7) is 3.35. The van der Waals surface area contributed by atoms with E-state index in [1.165, 1.54) is 93.7 Å². The van der Waals surface area contributed by atoms with Crippen LogP contribution in [0.1, 0.15) is 149 Å². The van der Waals surface area contributed by atoms with Gasteiger partial charge in [0.05, 0.1) is 23.1 Å². The minimum absolute atomic E-state index is 0.197. The van der Waals surface area contributed by atoms with Gasteiger partial charge in [0, 0.05) is 42.9 Å². The highest BCUT2D eigenvalue weighted by Crippen LogP contribution is 2.39. The second-order valence-electron chi connectivity index (χ2n) is 17.8. The van der Waals surface area contributed by atoms with Gasteiger partial charge in [0.15, 0.2) is 0 Å². The standard InChI is InChI=1S/C45H60ClFN8O3/c1-53-40(23-30-10-11-30)36(26-49-53)42-38(46)27-48-45(52-42)50-33-14-12-29(13-15-33)9-7-5-3-2-4-6-8-20-54-21-18-31(19-22-54)34-24-32(47)25-35-37(34)28-55(44(35)58)39-16-17-41(56)51-43(39)57/h24-27,29-31,33,39H,2-23,28H2,1H3,(H,48,50,52)(H,51,56,57)/t29?,33?,39-/m0/s1. The first-order valence-corrected chi connectivity index (χ1v) is 22.6. The molecule has 1 atom stereocenters. The summed E-state index contributed by atoms with van der Waals surface area (Å²) < 4.78 is 16.8. The average Bonchev–Trinajstić information content (AvgIpc) is 3.90. The van der Waals surface area contributed by atoms with Crippen molar-refractivity contribution in [3.8, 4) is 11.3 Å². The molecule has 5 heterocycles. The van der Waals surface area contributed by atoms with Gasteiger partial charge in [-0.15, -0.1) is 0 Å². The van der Waals surface area contributed by atoms with Crippen LogP contribution in [-0.4, -0.2) is 79.0 Å². The highest BCUT2D eigenvalue weighted by Gasteiger charge is 2.41. The quantitative estimate of drug-likeness (QED) is 0.103. The molecule has 1 aromatic carbocycles. The number of halogens is 2. The van der Waals surface area contributed by atoms with Crippen molar-refractivity contribution >= 4 is 35.3 Å². The van der Waals surface area contributed by atoms with Crippen LogP contribution in [-0.2, 0) is 29.6 Å². The van der Waals surface area contributed by atoms with Crippen molar-refractivity contribution in [3.05, 3.63) is 57.8 Å². The van der Waals surface area contributed by atoms with E-state index in [1.807, 2.05) is 17.9 Å². The number of fused-ring (bicyclic) bond motifs is 1. The number of nitrogens with one attached hydrogen (secondary N) is 2. The lowest BCUT2D eigenvalue weighted by Gasteiger charge is -2.33. The van der Waals surface area contributed by atoms with E-state index in [0.717, 1.165) is 86.0 Å². The number of amides is 3. The highest BCUT2D eigenvalue weighted by molar-refractivity contribution is 6.33. The Morgan fingerprint density at radius 3 is 2.33 bits per heavy atom. The Bertz CT molecular complexity index is 1950. The lowest BCUT2D eigenvalue weighted by Crippen LogP contribution is -2.52. The fraction of sp³-hybridized carbons (Fsp3) is 0.644. The number of unbranched alkanes of at least 4 members (excludes halogenated alkanes) is 6. The van der Waals surface area contributed by atoms with E-state index in [4.69, 9.17) is 16.6 Å². The number of aryl methyl sites for hydroxylation is 1. The largest absolute Gasteiger partial charge is 0.351 e. The summed E-state index contributed by atoms with van der Waals surface area (Å²) in [7, 11) is 2.00. The van der Waals surface area contributed by atoms with Crippen LogP contribution in [0.2, 0.25) is 5.02 Å². The maximum absolute atomic E-state index is 14.8. The van der Waals surface area contributed by atoms with Crippen molar-refractivity contribution in [1.29, 1.82) is 0 Å². The fourth-order valence-electron chi connectivity index (χ4n) is 10.0. The molecule has 4 fully saturated rings. The molecule has 3 aliphatic heterocycles. The Hall–Kier alpha value is -3.90. The minimum Gasteiger partial charge on any atom is -0.351 e. The molecule has 11 nitrogen and oxygen atoms in total. The molecular weight excluding hydrogens is 755 g/mol. The van der Waals surface area contributed by atoms with E-state index >= 15 is 0 Å². The van der Waals surface area contributed by atoms with Crippen LogP contribution >= 0.6 is 11.6 Å². The van der Waals surface area contributed by atoms with Crippen molar-refractivity contribution < 1.29 is 18.8 Å². The Labute approximate surface area is 347 Å². The van der Waals surface area contributed by atoms with E-state index in [9.17, 15) is 18.8 Å². The molecule has 3 amide bonds. The Morgan fingerprint density at radius 2 is 1.59 bits per heavy atom. The second kappa shape index (κ2) is 18.6. The Kier molecular flexibility index (Phi) is 13.1. The molecule has 58 heavy (non-hydrogen) atoms. The topological polar surface area (TPSA) is 125 Å². The van der Waals surface area contributed by atoms with Crippen LogP contribution in [0.5, 0.6) is 0 Å². The molecule has 312 valence electrons. The zero-order valence-electron chi connectivity index (χ0n) is 34.1. The summed E-state index contributed by atoms with van der Waals surface area (Å²) in [5.41, 5.74) is 5.16. The molecule has 0 radical (unpaired) electrons. The normalized spacial score (nSPS) is 23.1. The van der Waals surface area contributed by atoms with E-state index in [-0.39, 0.29) is 24.2 Å². The SMILES string of the molecule is Cn1ncc(-c2nc(NC3CCC(CCCCCCCCCN4CCC(c5cc(F)cc6c5CN([C@H]5CCC(=O)NC5=O)C6=O)CC4)CC3)ncc2Cl)c1CC1CC1. The van der Waals surface area contributed by atoms with Gasteiger partial charge in [-0.2, -0.15) is 5.10 Å². The number of rotatable bonds is 17.